The smallest absolute Gasteiger partial charge is 0.242 e. The molecule has 0 saturated carbocycles. The van der Waals surface area contributed by atoms with E-state index in [2.05, 4.69) is 68.7 Å². The van der Waals surface area contributed by atoms with Gasteiger partial charge in [-0.15, -0.1) is 0 Å². The van der Waals surface area contributed by atoms with Crippen molar-refractivity contribution in [3.63, 3.8) is 0 Å². The number of hydrogen-bond acceptors (Lipinski definition) is 1. The van der Waals surface area contributed by atoms with Gasteiger partial charge < -0.3 is 4.43 Å². The minimum Gasteiger partial charge on any atom is -0.542 e. The Bertz CT molecular complexity index is 422. The van der Waals surface area contributed by atoms with Crippen LogP contribution in [0.1, 0.15) is 31.7 Å². The molecule has 0 atom stereocenters. The van der Waals surface area contributed by atoms with E-state index in [1.165, 1.54) is 5.56 Å². The standard InChI is InChI=1S/C17H26OSi/c1-5-6-8-13-17(18-19(2,3)4)15-14-16-11-9-7-10-12-16/h7-12H,5-6,14-15H2,1-4H3. The SMILES string of the molecule is CCCC=C=C(CCc1ccccc1)O[Si](C)(C)C. The lowest BCUT2D eigenvalue weighted by molar-refractivity contribution is 0.401. The van der Waals surface area contributed by atoms with Gasteiger partial charge in [0.15, 0.2) is 0 Å². The van der Waals surface area contributed by atoms with E-state index in [1.807, 2.05) is 0 Å². The third-order valence-corrected chi connectivity index (χ3v) is 3.47. The van der Waals surface area contributed by atoms with Crippen LogP contribution in [0.4, 0.5) is 0 Å². The van der Waals surface area contributed by atoms with Gasteiger partial charge in [-0.2, -0.15) is 0 Å². The number of allylic oxidation sites excluding steroid dienone is 1. The van der Waals surface area contributed by atoms with Crippen molar-refractivity contribution in [3.8, 4) is 0 Å². The molecule has 0 bridgehead atoms. The molecule has 0 aromatic heterocycles. The van der Waals surface area contributed by atoms with Crippen molar-refractivity contribution < 1.29 is 4.43 Å². The van der Waals surface area contributed by atoms with Gasteiger partial charge >= 0.3 is 0 Å². The summed E-state index contributed by atoms with van der Waals surface area (Å²) in [5.41, 5.74) is 4.71. The molecular formula is C17H26OSi. The largest absolute Gasteiger partial charge is 0.542 e. The van der Waals surface area contributed by atoms with Crippen LogP contribution in [0.3, 0.4) is 0 Å². The van der Waals surface area contributed by atoms with Crippen LogP contribution in [-0.4, -0.2) is 8.32 Å². The first-order valence-electron chi connectivity index (χ1n) is 7.18. The van der Waals surface area contributed by atoms with E-state index >= 15 is 0 Å². The normalized spacial score (nSPS) is 10.7. The molecule has 0 N–H and O–H groups in total. The Morgan fingerprint density at radius 2 is 1.89 bits per heavy atom. The first kappa shape index (κ1) is 15.8. The summed E-state index contributed by atoms with van der Waals surface area (Å²) in [7, 11) is -1.54. The summed E-state index contributed by atoms with van der Waals surface area (Å²) in [4.78, 5) is 0. The molecule has 0 radical (unpaired) electrons. The first-order chi connectivity index (χ1) is 9.01. The van der Waals surface area contributed by atoms with Crippen LogP contribution in [0, 0.1) is 0 Å². The van der Waals surface area contributed by atoms with E-state index in [9.17, 15) is 0 Å². The molecule has 0 aliphatic heterocycles. The van der Waals surface area contributed by atoms with E-state index in [4.69, 9.17) is 4.43 Å². The molecule has 0 fully saturated rings. The second kappa shape index (κ2) is 8.03. The molecule has 19 heavy (non-hydrogen) atoms. The van der Waals surface area contributed by atoms with Crippen LogP contribution in [0.25, 0.3) is 0 Å². The average molecular weight is 274 g/mol. The molecule has 0 amide bonds. The maximum Gasteiger partial charge on any atom is 0.242 e. The summed E-state index contributed by atoms with van der Waals surface area (Å²) >= 11 is 0. The quantitative estimate of drug-likeness (QED) is 0.372. The van der Waals surface area contributed by atoms with Gasteiger partial charge in [0.1, 0.15) is 5.76 Å². The Morgan fingerprint density at radius 1 is 1.21 bits per heavy atom. The molecule has 0 spiro atoms. The monoisotopic (exact) mass is 274 g/mol. The van der Waals surface area contributed by atoms with Crippen LogP contribution >= 0.6 is 0 Å². The van der Waals surface area contributed by atoms with E-state index in [0.717, 1.165) is 31.4 Å². The summed E-state index contributed by atoms with van der Waals surface area (Å²) in [5.74, 6) is 1.02. The molecule has 104 valence electrons. The van der Waals surface area contributed by atoms with Crippen LogP contribution in [0.5, 0.6) is 0 Å². The molecule has 1 rings (SSSR count). The highest BCUT2D eigenvalue weighted by Crippen LogP contribution is 2.15. The zero-order chi connectivity index (χ0) is 14.1. The van der Waals surface area contributed by atoms with Crippen molar-refractivity contribution >= 4 is 8.32 Å². The van der Waals surface area contributed by atoms with Crippen molar-refractivity contribution in [2.45, 2.75) is 52.2 Å². The van der Waals surface area contributed by atoms with Crippen molar-refractivity contribution in [2.24, 2.45) is 0 Å². The molecule has 1 aromatic rings. The van der Waals surface area contributed by atoms with Gasteiger partial charge in [-0.1, -0.05) is 49.4 Å². The number of unbranched alkanes of at least 4 members (excludes halogenated alkanes) is 1. The van der Waals surface area contributed by atoms with Gasteiger partial charge in [-0.05, 0) is 44.1 Å². The van der Waals surface area contributed by atoms with E-state index < -0.39 is 8.32 Å². The summed E-state index contributed by atoms with van der Waals surface area (Å²) in [6.45, 7) is 8.84. The van der Waals surface area contributed by atoms with Crippen LogP contribution in [0.15, 0.2) is 47.9 Å². The lowest BCUT2D eigenvalue weighted by atomic mass is 10.1. The highest BCUT2D eigenvalue weighted by Gasteiger charge is 2.17. The minimum atomic E-state index is -1.54. The second-order valence-corrected chi connectivity index (χ2v) is 10.2. The molecule has 1 nitrogen and oxygen atoms in total. The molecule has 0 saturated heterocycles. The fourth-order valence-corrected chi connectivity index (χ4v) is 2.66. The van der Waals surface area contributed by atoms with Gasteiger partial charge in [-0.25, -0.2) is 0 Å². The maximum absolute atomic E-state index is 6.12. The van der Waals surface area contributed by atoms with Crippen molar-refractivity contribution in [1.29, 1.82) is 0 Å². The molecule has 0 heterocycles. The Kier molecular flexibility index (Phi) is 6.69. The van der Waals surface area contributed by atoms with Crippen molar-refractivity contribution in [2.75, 3.05) is 0 Å². The van der Waals surface area contributed by atoms with E-state index in [-0.39, 0.29) is 0 Å². The van der Waals surface area contributed by atoms with E-state index in [1.54, 1.807) is 0 Å². The fraction of sp³-hybridized carbons (Fsp3) is 0.471. The topological polar surface area (TPSA) is 9.23 Å². The third kappa shape index (κ3) is 7.71. The Hall–Kier alpha value is -1.24. The van der Waals surface area contributed by atoms with Crippen molar-refractivity contribution in [3.05, 3.63) is 53.5 Å². The second-order valence-electron chi connectivity index (χ2n) is 5.76. The van der Waals surface area contributed by atoms with Crippen molar-refractivity contribution in [1.82, 2.24) is 0 Å². The lowest BCUT2D eigenvalue weighted by Gasteiger charge is -2.20. The summed E-state index contributed by atoms with van der Waals surface area (Å²) in [6.07, 6.45) is 6.30. The zero-order valence-electron chi connectivity index (χ0n) is 12.7. The summed E-state index contributed by atoms with van der Waals surface area (Å²) in [6, 6.07) is 10.6. The number of aryl methyl sites for hydroxylation is 1. The highest BCUT2D eigenvalue weighted by molar-refractivity contribution is 6.70. The molecule has 0 aliphatic rings. The van der Waals surface area contributed by atoms with Crippen LogP contribution < -0.4 is 0 Å². The minimum absolute atomic E-state index is 0.939. The van der Waals surface area contributed by atoms with Gasteiger partial charge in [0, 0.05) is 6.42 Å². The lowest BCUT2D eigenvalue weighted by Crippen LogP contribution is -2.24. The Morgan fingerprint density at radius 3 is 2.47 bits per heavy atom. The highest BCUT2D eigenvalue weighted by atomic mass is 28.4. The van der Waals surface area contributed by atoms with Gasteiger partial charge in [0.2, 0.25) is 8.32 Å². The number of benzene rings is 1. The summed E-state index contributed by atoms with van der Waals surface area (Å²) < 4.78 is 6.12. The molecule has 0 unspecified atom stereocenters. The molecule has 0 aliphatic carbocycles. The van der Waals surface area contributed by atoms with Crippen LogP contribution in [0.2, 0.25) is 19.6 Å². The predicted octanol–water partition coefficient (Wildman–Crippen LogP) is 5.31. The van der Waals surface area contributed by atoms with Crippen LogP contribution in [-0.2, 0) is 10.8 Å². The zero-order valence-corrected chi connectivity index (χ0v) is 13.7. The Labute approximate surface area is 119 Å². The van der Waals surface area contributed by atoms with Gasteiger partial charge in [0.25, 0.3) is 0 Å². The number of hydrogen-bond donors (Lipinski definition) is 0. The van der Waals surface area contributed by atoms with E-state index in [0.29, 0.717) is 0 Å². The molecule has 2 heteroatoms. The average Bonchev–Trinajstić information content (AvgIpc) is 2.36. The molecular weight excluding hydrogens is 248 g/mol. The first-order valence-corrected chi connectivity index (χ1v) is 10.6. The Balaban J connectivity index is 2.67. The van der Waals surface area contributed by atoms with Gasteiger partial charge in [0.05, 0.1) is 0 Å². The molecule has 1 aromatic carbocycles. The predicted molar refractivity (Wildman–Crippen MR) is 85.7 cm³/mol. The fourth-order valence-electron chi connectivity index (χ4n) is 1.76. The summed E-state index contributed by atoms with van der Waals surface area (Å²) in [5, 5.41) is 0. The maximum atomic E-state index is 6.12. The third-order valence-electron chi connectivity index (χ3n) is 2.61. The number of rotatable bonds is 7. The van der Waals surface area contributed by atoms with Gasteiger partial charge in [-0.3, -0.25) is 0 Å².